The van der Waals surface area contributed by atoms with E-state index in [1.807, 2.05) is 16.7 Å². The van der Waals surface area contributed by atoms with Crippen molar-refractivity contribution in [3.05, 3.63) is 54.5 Å². The number of rotatable bonds is 2. The molecule has 0 amide bonds. The summed E-state index contributed by atoms with van der Waals surface area (Å²) in [5.74, 6) is 0. The van der Waals surface area contributed by atoms with E-state index in [0.29, 0.717) is 6.54 Å². The molecule has 1 unspecified atom stereocenters. The van der Waals surface area contributed by atoms with Crippen LogP contribution in [0.4, 0.5) is 0 Å². The summed E-state index contributed by atoms with van der Waals surface area (Å²) >= 11 is 5.13. The van der Waals surface area contributed by atoms with Gasteiger partial charge in [-0.1, -0.05) is 6.07 Å². The minimum atomic E-state index is 0.0670. The zero-order valence-electron chi connectivity index (χ0n) is 10.4. The van der Waals surface area contributed by atoms with E-state index in [1.165, 1.54) is 4.88 Å². The van der Waals surface area contributed by atoms with Gasteiger partial charge in [0.1, 0.15) is 0 Å². The minimum Gasteiger partial charge on any atom is -0.324 e. The molecule has 3 nitrogen and oxygen atoms in total. The first kappa shape index (κ1) is 13.1. The summed E-state index contributed by atoms with van der Waals surface area (Å²) < 4.78 is 2.98. The van der Waals surface area contributed by atoms with Crippen molar-refractivity contribution < 1.29 is 0 Å². The van der Waals surface area contributed by atoms with Crippen LogP contribution in [0.25, 0.3) is 0 Å². The van der Waals surface area contributed by atoms with Crippen LogP contribution in [0.5, 0.6) is 0 Å². The van der Waals surface area contributed by atoms with Gasteiger partial charge in [-0.25, -0.2) is 0 Å². The van der Waals surface area contributed by atoms with Crippen LogP contribution in [0.3, 0.4) is 0 Å². The third-order valence-electron chi connectivity index (χ3n) is 3.60. The lowest BCUT2D eigenvalue weighted by atomic mass is 9.91. The van der Waals surface area contributed by atoms with Crippen LogP contribution in [-0.4, -0.2) is 4.57 Å². The molecule has 100 valence electrons. The van der Waals surface area contributed by atoms with Gasteiger partial charge in [-0.2, -0.15) is 0 Å². The number of hydrogen-bond acceptors (Lipinski definition) is 3. The number of pyridine rings is 1. The van der Waals surface area contributed by atoms with Gasteiger partial charge in [0.25, 0.3) is 5.56 Å². The first-order chi connectivity index (χ1) is 9.15. The van der Waals surface area contributed by atoms with Crippen molar-refractivity contribution in [2.75, 3.05) is 0 Å². The molecular formula is C14H15BrN2OS. The molecule has 1 atom stereocenters. The smallest absolute Gasteiger partial charge is 0.251 e. The maximum atomic E-state index is 12.1. The Morgan fingerprint density at radius 3 is 2.95 bits per heavy atom. The van der Waals surface area contributed by atoms with Crippen molar-refractivity contribution in [2.45, 2.75) is 31.8 Å². The molecule has 2 aromatic heterocycles. The van der Waals surface area contributed by atoms with Crippen LogP contribution in [0.15, 0.2) is 32.8 Å². The van der Waals surface area contributed by atoms with E-state index in [4.69, 9.17) is 5.73 Å². The minimum absolute atomic E-state index is 0.0670. The van der Waals surface area contributed by atoms with E-state index in [0.717, 1.165) is 34.3 Å². The molecule has 1 aliphatic carbocycles. The topological polar surface area (TPSA) is 48.0 Å². The van der Waals surface area contributed by atoms with Gasteiger partial charge in [0, 0.05) is 22.7 Å². The summed E-state index contributed by atoms with van der Waals surface area (Å²) in [7, 11) is 0. The van der Waals surface area contributed by atoms with E-state index in [9.17, 15) is 4.79 Å². The van der Waals surface area contributed by atoms with E-state index < -0.39 is 0 Å². The standard InChI is InChI=1S/C14H15BrN2OS/c15-13-6-4-9(19-13)8-17-12-3-1-2-11(16)10(12)5-7-14(17)18/h4-7,11H,1-3,8,16H2. The molecule has 1 aliphatic rings. The Bertz CT molecular complexity index is 662. The van der Waals surface area contributed by atoms with Crippen LogP contribution in [0, 0.1) is 0 Å². The molecule has 19 heavy (non-hydrogen) atoms. The largest absolute Gasteiger partial charge is 0.324 e. The highest BCUT2D eigenvalue weighted by molar-refractivity contribution is 9.11. The molecule has 0 aromatic carbocycles. The molecule has 0 bridgehead atoms. The number of aromatic nitrogens is 1. The van der Waals surface area contributed by atoms with E-state index >= 15 is 0 Å². The van der Waals surface area contributed by atoms with Gasteiger partial charge in [0.2, 0.25) is 0 Å². The highest BCUT2D eigenvalue weighted by Crippen LogP contribution is 2.28. The molecule has 0 saturated carbocycles. The van der Waals surface area contributed by atoms with Crippen LogP contribution < -0.4 is 11.3 Å². The average Bonchev–Trinajstić information content (AvgIpc) is 2.79. The summed E-state index contributed by atoms with van der Waals surface area (Å²) in [6.45, 7) is 0.644. The molecule has 0 fully saturated rings. The molecule has 2 N–H and O–H groups in total. The first-order valence-corrected chi connectivity index (χ1v) is 7.98. The van der Waals surface area contributed by atoms with Gasteiger partial charge in [-0.3, -0.25) is 4.79 Å². The second kappa shape index (κ2) is 5.23. The van der Waals surface area contributed by atoms with Gasteiger partial charge in [-0.15, -0.1) is 11.3 Å². The van der Waals surface area contributed by atoms with Crippen molar-refractivity contribution >= 4 is 27.3 Å². The molecule has 3 rings (SSSR count). The van der Waals surface area contributed by atoms with Crippen molar-refractivity contribution in [3.8, 4) is 0 Å². The Balaban J connectivity index is 2.05. The number of halogens is 1. The average molecular weight is 339 g/mol. The molecule has 0 spiro atoms. The molecular weight excluding hydrogens is 324 g/mol. The summed E-state index contributed by atoms with van der Waals surface area (Å²) in [5.41, 5.74) is 8.47. The fraction of sp³-hybridized carbons (Fsp3) is 0.357. The lowest BCUT2D eigenvalue weighted by molar-refractivity contribution is 0.530. The Kier molecular flexibility index (Phi) is 3.60. The molecule has 2 heterocycles. The molecule has 5 heteroatoms. The van der Waals surface area contributed by atoms with Gasteiger partial charge < -0.3 is 10.3 Å². The highest BCUT2D eigenvalue weighted by atomic mass is 79.9. The second-order valence-electron chi connectivity index (χ2n) is 4.86. The summed E-state index contributed by atoms with van der Waals surface area (Å²) in [6.07, 6.45) is 3.02. The fourth-order valence-electron chi connectivity index (χ4n) is 2.66. The summed E-state index contributed by atoms with van der Waals surface area (Å²) in [6, 6.07) is 7.70. The number of nitrogens with zero attached hydrogens (tertiary/aromatic N) is 1. The normalized spacial score (nSPS) is 18.3. The zero-order valence-corrected chi connectivity index (χ0v) is 12.8. The quantitative estimate of drug-likeness (QED) is 0.914. The van der Waals surface area contributed by atoms with Gasteiger partial charge in [0.15, 0.2) is 0 Å². The SMILES string of the molecule is NC1CCCc2c1ccc(=O)n2Cc1ccc(Br)s1. The lowest BCUT2D eigenvalue weighted by Gasteiger charge is -2.25. The van der Waals surface area contributed by atoms with Crippen LogP contribution >= 0.6 is 27.3 Å². The van der Waals surface area contributed by atoms with Crippen LogP contribution in [-0.2, 0) is 13.0 Å². The highest BCUT2D eigenvalue weighted by Gasteiger charge is 2.20. The third-order valence-corrected chi connectivity index (χ3v) is 5.21. The predicted molar refractivity (Wildman–Crippen MR) is 81.7 cm³/mol. The van der Waals surface area contributed by atoms with Crippen molar-refractivity contribution in [1.82, 2.24) is 4.57 Å². The van der Waals surface area contributed by atoms with E-state index in [-0.39, 0.29) is 11.6 Å². The molecule has 2 aromatic rings. The van der Waals surface area contributed by atoms with Gasteiger partial charge in [0.05, 0.1) is 10.3 Å². The zero-order chi connectivity index (χ0) is 13.4. The Morgan fingerprint density at radius 1 is 1.37 bits per heavy atom. The van der Waals surface area contributed by atoms with Crippen LogP contribution in [0.2, 0.25) is 0 Å². The van der Waals surface area contributed by atoms with E-state index in [2.05, 4.69) is 22.0 Å². The predicted octanol–water partition coefficient (Wildman–Crippen LogP) is 3.06. The number of thiophene rings is 1. The van der Waals surface area contributed by atoms with Gasteiger partial charge >= 0.3 is 0 Å². The number of fused-ring (bicyclic) bond motifs is 1. The van der Waals surface area contributed by atoms with Gasteiger partial charge in [-0.05, 0) is 52.9 Å². The summed E-state index contributed by atoms with van der Waals surface area (Å²) in [4.78, 5) is 13.3. The summed E-state index contributed by atoms with van der Waals surface area (Å²) in [5, 5.41) is 0. The van der Waals surface area contributed by atoms with Crippen molar-refractivity contribution in [1.29, 1.82) is 0 Å². The molecule has 0 radical (unpaired) electrons. The second-order valence-corrected chi connectivity index (χ2v) is 7.41. The molecule has 0 saturated heterocycles. The Labute approximate surface area is 124 Å². The molecule has 0 aliphatic heterocycles. The monoisotopic (exact) mass is 338 g/mol. The Hall–Kier alpha value is -0.910. The fourth-order valence-corrected chi connectivity index (χ4v) is 4.14. The van der Waals surface area contributed by atoms with E-state index in [1.54, 1.807) is 17.4 Å². The number of hydrogen-bond donors (Lipinski definition) is 1. The first-order valence-electron chi connectivity index (χ1n) is 6.37. The maximum Gasteiger partial charge on any atom is 0.251 e. The van der Waals surface area contributed by atoms with Crippen molar-refractivity contribution in [3.63, 3.8) is 0 Å². The third kappa shape index (κ3) is 2.55. The van der Waals surface area contributed by atoms with Crippen LogP contribution in [0.1, 0.15) is 35.0 Å². The lowest BCUT2D eigenvalue weighted by Crippen LogP contribution is -2.29. The maximum absolute atomic E-state index is 12.1. The van der Waals surface area contributed by atoms with Crippen molar-refractivity contribution in [2.24, 2.45) is 5.73 Å². The Morgan fingerprint density at radius 2 is 2.21 bits per heavy atom. The number of nitrogens with two attached hydrogens (primary N) is 1.